The van der Waals surface area contributed by atoms with E-state index in [0.29, 0.717) is 5.25 Å². The Morgan fingerprint density at radius 1 is 1.16 bits per heavy atom. The lowest BCUT2D eigenvalue weighted by Crippen LogP contribution is -2.45. The first-order valence-corrected chi connectivity index (χ1v) is 8.17. The maximum Gasteiger partial charge on any atom is 0.157 e. The lowest BCUT2D eigenvalue weighted by atomic mass is 9.83. The molecule has 1 atom stereocenters. The van der Waals surface area contributed by atoms with Gasteiger partial charge in [0.05, 0.1) is 11.8 Å². The summed E-state index contributed by atoms with van der Waals surface area (Å²) in [6.07, 6.45) is 6.65. The first-order chi connectivity index (χ1) is 9.25. The van der Waals surface area contributed by atoms with E-state index in [0.717, 1.165) is 11.7 Å². The molecule has 0 amide bonds. The zero-order valence-corrected chi connectivity index (χ0v) is 12.4. The third kappa shape index (κ3) is 3.14. The smallest absolute Gasteiger partial charge is 0.157 e. The zero-order chi connectivity index (χ0) is 13.1. The van der Waals surface area contributed by atoms with Crippen molar-refractivity contribution in [1.82, 2.24) is 5.32 Å². The molecule has 1 aromatic rings. The monoisotopic (exact) mass is 274 g/mol. The zero-order valence-electron chi connectivity index (χ0n) is 11.6. The number of benzene rings is 1. The molecule has 3 heteroatoms. The van der Waals surface area contributed by atoms with Gasteiger partial charge in [-0.3, -0.25) is 4.99 Å². The summed E-state index contributed by atoms with van der Waals surface area (Å²) < 4.78 is 0. The third-order valence-corrected chi connectivity index (χ3v) is 5.35. The van der Waals surface area contributed by atoms with Gasteiger partial charge in [0.15, 0.2) is 5.17 Å². The maximum atomic E-state index is 4.70. The van der Waals surface area contributed by atoms with Crippen LogP contribution in [0.1, 0.15) is 49.8 Å². The first kappa shape index (κ1) is 13.0. The normalized spacial score (nSPS) is 25.9. The lowest BCUT2D eigenvalue weighted by molar-refractivity contribution is 0.292. The van der Waals surface area contributed by atoms with Crippen molar-refractivity contribution >= 4 is 16.9 Å². The van der Waals surface area contributed by atoms with Crippen LogP contribution in [0, 0.1) is 0 Å². The van der Waals surface area contributed by atoms with Crippen molar-refractivity contribution < 1.29 is 0 Å². The standard InChI is InChI=1S/C16H22N2S/c1-16(10-6-3-7-11-16)18-15-17-12-14(19-15)13-8-4-2-5-9-13/h2,4-5,8-9,14H,3,6-7,10-12H2,1H3,(H,17,18). The molecule has 0 bridgehead atoms. The number of amidine groups is 1. The van der Waals surface area contributed by atoms with Crippen LogP contribution < -0.4 is 5.32 Å². The highest BCUT2D eigenvalue weighted by Gasteiger charge is 2.30. The van der Waals surface area contributed by atoms with Crippen LogP contribution in [-0.2, 0) is 0 Å². The molecular weight excluding hydrogens is 252 g/mol. The summed E-state index contributed by atoms with van der Waals surface area (Å²) in [5.74, 6) is 0. The summed E-state index contributed by atoms with van der Waals surface area (Å²) in [5.41, 5.74) is 1.66. The average Bonchev–Trinajstić information content (AvgIpc) is 2.88. The Bertz CT molecular complexity index is 449. The van der Waals surface area contributed by atoms with Gasteiger partial charge in [-0.15, -0.1) is 0 Å². The molecule has 3 rings (SSSR count). The summed E-state index contributed by atoms with van der Waals surface area (Å²) in [6, 6.07) is 10.7. The Kier molecular flexibility index (Phi) is 3.83. The molecule has 1 heterocycles. The summed E-state index contributed by atoms with van der Waals surface area (Å²) >= 11 is 1.89. The summed E-state index contributed by atoms with van der Waals surface area (Å²) in [6.45, 7) is 3.26. The molecule has 1 aromatic carbocycles. The number of hydrogen-bond donors (Lipinski definition) is 1. The van der Waals surface area contributed by atoms with Gasteiger partial charge in [0, 0.05) is 5.54 Å². The fraction of sp³-hybridized carbons (Fsp3) is 0.562. The average molecular weight is 274 g/mol. The predicted octanol–water partition coefficient (Wildman–Crippen LogP) is 4.14. The molecule has 2 nitrogen and oxygen atoms in total. The van der Waals surface area contributed by atoms with E-state index >= 15 is 0 Å². The van der Waals surface area contributed by atoms with Gasteiger partial charge >= 0.3 is 0 Å². The Balaban J connectivity index is 1.60. The van der Waals surface area contributed by atoms with Crippen LogP contribution in [-0.4, -0.2) is 17.3 Å². The Morgan fingerprint density at radius 3 is 2.63 bits per heavy atom. The van der Waals surface area contributed by atoms with Crippen molar-refractivity contribution in [3.63, 3.8) is 0 Å². The van der Waals surface area contributed by atoms with Crippen molar-refractivity contribution in [3.8, 4) is 0 Å². The van der Waals surface area contributed by atoms with Crippen LogP contribution in [0.15, 0.2) is 35.3 Å². The molecule has 0 aromatic heterocycles. The highest BCUT2D eigenvalue weighted by Crippen LogP contribution is 2.36. The van der Waals surface area contributed by atoms with Crippen molar-refractivity contribution in [1.29, 1.82) is 0 Å². The molecule has 1 fully saturated rings. The van der Waals surface area contributed by atoms with Crippen LogP contribution in [0.4, 0.5) is 0 Å². The van der Waals surface area contributed by atoms with E-state index in [-0.39, 0.29) is 5.54 Å². The van der Waals surface area contributed by atoms with Gasteiger partial charge in [-0.05, 0) is 25.3 Å². The number of rotatable bonds is 2. The Hall–Kier alpha value is -0.960. The second-order valence-electron chi connectivity index (χ2n) is 5.91. The van der Waals surface area contributed by atoms with Crippen LogP contribution in [0.2, 0.25) is 0 Å². The molecule has 0 radical (unpaired) electrons. The number of nitrogens with one attached hydrogen (secondary N) is 1. The van der Waals surface area contributed by atoms with E-state index in [1.54, 1.807) is 0 Å². The lowest BCUT2D eigenvalue weighted by Gasteiger charge is -2.35. The maximum absolute atomic E-state index is 4.70. The first-order valence-electron chi connectivity index (χ1n) is 7.29. The van der Waals surface area contributed by atoms with Gasteiger partial charge in [-0.1, -0.05) is 61.4 Å². The summed E-state index contributed by atoms with van der Waals surface area (Å²) in [7, 11) is 0. The quantitative estimate of drug-likeness (QED) is 0.876. The van der Waals surface area contributed by atoms with Gasteiger partial charge in [0.25, 0.3) is 0 Å². The Morgan fingerprint density at radius 2 is 1.89 bits per heavy atom. The minimum Gasteiger partial charge on any atom is -0.360 e. The predicted molar refractivity (Wildman–Crippen MR) is 83.7 cm³/mol. The molecule has 1 saturated carbocycles. The van der Waals surface area contributed by atoms with E-state index in [9.17, 15) is 0 Å². The van der Waals surface area contributed by atoms with Crippen molar-refractivity contribution in [3.05, 3.63) is 35.9 Å². The van der Waals surface area contributed by atoms with E-state index in [1.165, 1.54) is 37.7 Å². The van der Waals surface area contributed by atoms with E-state index in [1.807, 2.05) is 11.8 Å². The van der Waals surface area contributed by atoms with Crippen LogP contribution in [0.5, 0.6) is 0 Å². The SMILES string of the molecule is CC1(NC2=NCC(c3ccccc3)S2)CCCCC1. The van der Waals surface area contributed by atoms with Crippen molar-refractivity contribution in [2.75, 3.05) is 6.54 Å². The third-order valence-electron chi connectivity index (χ3n) is 4.19. The molecule has 102 valence electrons. The van der Waals surface area contributed by atoms with Gasteiger partial charge in [0.1, 0.15) is 0 Å². The molecule has 1 unspecified atom stereocenters. The second-order valence-corrected chi connectivity index (χ2v) is 7.10. The summed E-state index contributed by atoms with van der Waals surface area (Å²) in [5, 5.41) is 5.35. The van der Waals surface area contributed by atoms with Gasteiger partial charge in [0.2, 0.25) is 0 Å². The number of hydrogen-bond acceptors (Lipinski definition) is 3. The minimum absolute atomic E-state index is 0.273. The van der Waals surface area contributed by atoms with Gasteiger partial charge in [-0.2, -0.15) is 0 Å². The van der Waals surface area contributed by atoms with Crippen LogP contribution in [0.3, 0.4) is 0 Å². The molecule has 19 heavy (non-hydrogen) atoms. The molecule has 2 aliphatic rings. The largest absolute Gasteiger partial charge is 0.360 e. The van der Waals surface area contributed by atoms with E-state index < -0.39 is 0 Å². The fourth-order valence-electron chi connectivity index (χ4n) is 3.00. The minimum atomic E-state index is 0.273. The van der Waals surface area contributed by atoms with Crippen molar-refractivity contribution in [2.24, 2.45) is 4.99 Å². The number of nitrogens with zero attached hydrogens (tertiary/aromatic N) is 1. The molecule has 0 spiro atoms. The second kappa shape index (κ2) is 5.58. The molecule has 1 aliphatic carbocycles. The molecule has 1 aliphatic heterocycles. The van der Waals surface area contributed by atoms with Crippen LogP contribution >= 0.6 is 11.8 Å². The van der Waals surface area contributed by atoms with Gasteiger partial charge in [-0.25, -0.2) is 0 Å². The van der Waals surface area contributed by atoms with Crippen molar-refractivity contribution in [2.45, 2.75) is 49.8 Å². The number of thioether (sulfide) groups is 1. The van der Waals surface area contributed by atoms with Gasteiger partial charge < -0.3 is 5.32 Å². The topological polar surface area (TPSA) is 24.4 Å². The van der Waals surface area contributed by atoms with E-state index in [4.69, 9.17) is 4.99 Å². The highest BCUT2D eigenvalue weighted by molar-refractivity contribution is 8.14. The van der Waals surface area contributed by atoms with E-state index in [2.05, 4.69) is 42.6 Å². The fourth-order valence-corrected chi connectivity index (χ4v) is 4.17. The highest BCUT2D eigenvalue weighted by atomic mass is 32.2. The molecule has 0 saturated heterocycles. The summed E-state index contributed by atoms with van der Waals surface area (Å²) in [4.78, 5) is 4.70. The molecule has 1 N–H and O–H groups in total. The van der Waals surface area contributed by atoms with Crippen LogP contribution in [0.25, 0.3) is 0 Å². The molecular formula is C16H22N2S. The number of aliphatic imine (C=N–C) groups is 1. The Labute approximate surface area is 120 Å².